The molecule has 4 nitrogen and oxygen atoms in total. The van der Waals surface area contributed by atoms with Gasteiger partial charge in [0.05, 0.1) is 0 Å². The molecule has 0 aliphatic carbocycles. The second kappa shape index (κ2) is 6.20. The maximum absolute atomic E-state index is 5.45. The highest BCUT2D eigenvalue weighted by Gasteiger charge is 2.24. The average molecular weight is 299 g/mol. The van der Waals surface area contributed by atoms with Gasteiger partial charge in [0.2, 0.25) is 0 Å². The van der Waals surface area contributed by atoms with Crippen molar-refractivity contribution in [2.45, 2.75) is 13.5 Å². The van der Waals surface area contributed by atoms with Gasteiger partial charge in [-0.3, -0.25) is 14.8 Å². The van der Waals surface area contributed by atoms with Gasteiger partial charge in [-0.15, -0.1) is 0 Å². The van der Waals surface area contributed by atoms with Crippen LogP contribution in [0.2, 0.25) is 0 Å². The van der Waals surface area contributed by atoms with Crippen molar-refractivity contribution in [1.29, 1.82) is 0 Å². The van der Waals surface area contributed by atoms with Crippen LogP contribution in [0.4, 0.5) is 5.69 Å². The third-order valence-corrected chi connectivity index (χ3v) is 4.00. The molecule has 108 valence electrons. The number of nitrogens with zero attached hydrogens (tertiary/aromatic N) is 2. The SMILES string of the molecule is Cc1ccc(N2C[NH+](Cc3cccnc3)CNC2=S)cc1. The summed E-state index contributed by atoms with van der Waals surface area (Å²) in [5.41, 5.74) is 3.64. The summed E-state index contributed by atoms with van der Waals surface area (Å²) in [6, 6.07) is 12.6. The molecule has 1 aliphatic heterocycles. The maximum atomic E-state index is 5.45. The van der Waals surface area contributed by atoms with E-state index in [4.69, 9.17) is 12.2 Å². The van der Waals surface area contributed by atoms with E-state index in [9.17, 15) is 0 Å². The molecule has 2 N–H and O–H groups in total. The molecule has 0 bridgehead atoms. The zero-order valence-corrected chi connectivity index (χ0v) is 12.9. The molecule has 3 rings (SSSR count). The van der Waals surface area contributed by atoms with Crippen LogP contribution in [0, 0.1) is 6.92 Å². The number of nitrogens with one attached hydrogen (secondary N) is 2. The van der Waals surface area contributed by atoms with Crippen LogP contribution >= 0.6 is 12.2 Å². The van der Waals surface area contributed by atoms with E-state index in [-0.39, 0.29) is 0 Å². The number of hydrogen-bond donors (Lipinski definition) is 2. The molecule has 1 aliphatic rings. The molecule has 1 aromatic heterocycles. The zero-order valence-electron chi connectivity index (χ0n) is 12.0. The van der Waals surface area contributed by atoms with Crippen LogP contribution in [0.25, 0.3) is 0 Å². The van der Waals surface area contributed by atoms with Gasteiger partial charge < -0.3 is 5.32 Å². The van der Waals surface area contributed by atoms with Crippen LogP contribution < -0.4 is 15.1 Å². The number of aromatic nitrogens is 1. The summed E-state index contributed by atoms with van der Waals surface area (Å²) in [6.45, 7) is 4.74. The number of anilines is 1. The standard InChI is InChI=1S/C16H18N4S/c1-13-4-6-15(7-5-13)20-12-19(11-18-16(20)21)10-14-3-2-8-17-9-14/h2-9H,10-12H2,1H3,(H,18,21)/p+1. The van der Waals surface area contributed by atoms with E-state index in [0.29, 0.717) is 0 Å². The molecule has 1 saturated heterocycles. The van der Waals surface area contributed by atoms with E-state index in [1.807, 2.05) is 12.3 Å². The van der Waals surface area contributed by atoms with Crippen LogP contribution in [-0.4, -0.2) is 23.4 Å². The van der Waals surface area contributed by atoms with Gasteiger partial charge in [0, 0.05) is 23.6 Å². The Hall–Kier alpha value is -1.98. The molecule has 1 atom stereocenters. The number of thiocarbonyl (C=S) groups is 1. The van der Waals surface area contributed by atoms with Crippen LogP contribution in [-0.2, 0) is 6.54 Å². The van der Waals surface area contributed by atoms with Gasteiger partial charge >= 0.3 is 0 Å². The van der Waals surface area contributed by atoms with Crippen molar-refractivity contribution in [3.05, 3.63) is 59.9 Å². The lowest BCUT2D eigenvalue weighted by Gasteiger charge is -2.35. The molecule has 0 amide bonds. The highest BCUT2D eigenvalue weighted by molar-refractivity contribution is 7.80. The molecule has 1 unspecified atom stereocenters. The third-order valence-electron chi connectivity index (χ3n) is 3.64. The Labute approximate surface area is 130 Å². The van der Waals surface area contributed by atoms with Gasteiger partial charge in [-0.1, -0.05) is 23.8 Å². The number of rotatable bonds is 3. The monoisotopic (exact) mass is 299 g/mol. The molecule has 1 aromatic carbocycles. The highest BCUT2D eigenvalue weighted by atomic mass is 32.1. The predicted octanol–water partition coefficient (Wildman–Crippen LogP) is 1.08. The summed E-state index contributed by atoms with van der Waals surface area (Å²) < 4.78 is 0. The molecule has 0 radical (unpaired) electrons. The molecule has 2 aromatic rings. The molecule has 1 fully saturated rings. The molecular formula is C16H19N4S+. The van der Waals surface area contributed by atoms with Crippen molar-refractivity contribution in [2.75, 3.05) is 18.2 Å². The Bertz CT molecular complexity index is 612. The largest absolute Gasteiger partial charge is 0.315 e. The van der Waals surface area contributed by atoms with E-state index in [0.717, 1.165) is 30.7 Å². The van der Waals surface area contributed by atoms with Crippen LogP contribution in [0.5, 0.6) is 0 Å². The van der Waals surface area contributed by atoms with Gasteiger partial charge in [-0.25, -0.2) is 0 Å². The first-order valence-corrected chi connectivity index (χ1v) is 7.48. The van der Waals surface area contributed by atoms with Crippen molar-refractivity contribution < 1.29 is 4.90 Å². The summed E-state index contributed by atoms with van der Waals surface area (Å²) in [4.78, 5) is 7.75. The molecule has 21 heavy (non-hydrogen) atoms. The van der Waals surface area contributed by atoms with Crippen LogP contribution in [0.1, 0.15) is 11.1 Å². The first-order chi connectivity index (χ1) is 10.2. The van der Waals surface area contributed by atoms with E-state index in [2.05, 4.69) is 52.5 Å². The highest BCUT2D eigenvalue weighted by Crippen LogP contribution is 2.14. The molecular weight excluding hydrogens is 280 g/mol. The summed E-state index contributed by atoms with van der Waals surface area (Å²) in [6.07, 6.45) is 3.73. The fourth-order valence-corrected chi connectivity index (χ4v) is 2.73. The van der Waals surface area contributed by atoms with Crippen LogP contribution in [0.3, 0.4) is 0 Å². The first-order valence-electron chi connectivity index (χ1n) is 7.07. The maximum Gasteiger partial charge on any atom is 0.182 e. The number of benzene rings is 1. The Balaban J connectivity index is 1.72. The first kappa shape index (κ1) is 14.0. The van der Waals surface area contributed by atoms with E-state index < -0.39 is 0 Å². The molecule has 5 heteroatoms. The van der Waals surface area contributed by atoms with Gasteiger partial charge in [0.15, 0.2) is 18.4 Å². The zero-order chi connectivity index (χ0) is 14.7. The lowest BCUT2D eigenvalue weighted by atomic mass is 10.2. The van der Waals surface area contributed by atoms with Crippen molar-refractivity contribution in [2.24, 2.45) is 0 Å². The average Bonchev–Trinajstić information content (AvgIpc) is 2.51. The van der Waals surface area contributed by atoms with Gasteiger partial charge in [-0.05, 0) is 37.3 Å². The van der Waals surface area contributed by atoms with Gasteiger partial charge in [0.25, 0.3) is 0 Å². The fraction of sp³-hybridized carbons (Fsp3) is 0.250. The van der Waals surface area contributed by atoms with Crippen molar-refractivity contribution in [3.63, 3.8) is 0 Å². The van der Waals surface area contributed by atoms with Crippen molar-refractivity contribution in [3.8, 4) is 0 Å². The molecule has 0 saturated carbocycles. The lowest BCUT2D eigenvalue weighted by molar-refractivity contribution is -0.916. The van der Waals surface area contributed by atoms with E-state index in [1.54, 1.807) is 6.20 Å². The summed E-state index contributed by atoms with van der Waals surface area (Å²) in [5, 5.41) is 4.12. The second-order valence-corrected chi connectivity index (χ2v) is 5.76. The second-order valence-electron chi connectivity index (χ2n) is 5.37. The Morgan fingerprint density at radius 3 is 2.81 bits per heavy atom. The minimum Gasteiger partial charge on any atom is -0.315 e. The van der Waals surface area contributed by atoms with Gasteiger partial charge in [0.1, 0.15) is 6.54 Å². The summed E-state index contributed by atoms with van der Waals surface area (Å²) in [5.74, 6) is 0. The van der Waals surface area contributed by atoms with Crippen molar-refractivity contribution in [1.82, 2.24) is 10.3 Å². The molecule has 0 spiro atoms. The van der Waals surface area contributed by atoms with Crippen LogP contribution in [0.15, 0.2) is 48.8 Å². The smallest absolute Gasteiger partial charge is 0.182 e. The quantitative estimate of drug-likeness (QED) is 0.831. The van der Waals surface area contributed by atoms with E-state index in [1.165, 1.54) is 16.0 Å². The predicted molar refractivity (Wildman–Crippen MR) is 88.0 cm³/mol. The summed E-state index contributed by atoms with van der Waals surface area (Å²) in [7, 11) is 0. The molecule has 2 heterocycles. The Morgan fingerprint density at radius 1 is 1.29 bits per heavy atom. The van der Waals surface area contributed by atoms with Gasteiger partial charge in [-0.2, -0.15) is 0 Å². The Kier molecular flexibility index (Phi) is 4.13. The fourth-order valence-electron chi connectivity index (χ4n) is 2.49. The number of pyridine rings is 1. The normalized spacial score (nSPS) is 18.4. The minimum absolute atomic E-state index is 0.800. The summed E-state index contributed by atoms with van der Waals surface area (Å²) >= 11 is 5.45. The third kappa shape index (κ3) is 3.37. The van der Waals surface area contributed by atoms with Crippen molar-refractivity contribution >= 4 is 23.0 Å². The van der Waals surface area contributed by atoms with E-state index >= 15 is 0 Å². The Morgan fingerprint density at radius 2 is 2.10 bits per heavy atom. The number of hydrogen-bond acceptors (Lipinski definition) is 2. The minimum atomic E-state index is 0.800. The number of aryl methyl sites for hydroxylation is 1. The lowest BCUT2D eigenvalue weighted by Crippen LogP contribution is -3.16. The topological polar surface area (TPSA) is 32.6 Å². The number of quaternary nitrogens is 1.